The SMILES string of the molecule is Cc1ccc([C@H](C)CNC(=O)N2CCN(Cc3ccon3)CC2)cc1. The summed E-state index contributed by atoms with van der Waals surface area (Å²) in [6, 6.07) is 10.4. The predicted octanol–water partition coefficient (Wildman–Crippen LogP) is 2.61. The van der Waals surface area contributed by atoms with Gasteiger partial charge in [-0.3, -0.25) is 4.90 Å². The van der Waals surface area contributed by atoms with Gasteiger partial charge in [0.2, 0.25) is 0 Å². The third-order valence-electron chi connectivity index (χ3n) is 4.74. The Morgan fingerprint density at radius 1 is 1.20 bits per heavy atom. The maximum Gasteiger partial charge on any atom is 0.317 e. The van der Waals surface area contributed by atoms with Crippen molar-refractivity contribution < 1.29 is 9.32 Å². The molecule has 0 unspecified atom stereocenters. The molecule has 1 aromatic carbocycles. The Hall–Kier alpha value is -2.34. The molecule has 0 bridgehead atoms. The molecule has 6 heteroatoms. The van der Waals surface area contributed by atoms with Gasteiger partial charge in [-0.2, -0.15) is 0 Å². The minimum atomic E-state index is 0.0278. The van der Waals surface area contributed by atoms with Gasteiger partial charge < -0.3 is 14.7 Å². The van der Waals surface area contributed by atoms with E-state index in [9.17, 15) is 4.79 Å². The van der Waals surface area contributed by atoms with Crippen molar-refractivity contribution >= 4 is 6.03 Å². The number of piperazine rings is 1. The van der Waals surface area contributed by atoms with Gasteiger partial charge in [-0.15, -0.1) is 0 Å². The van der Waals surface area contributed by atoms with Crippen molar-refractivity contribution in [1.82, 2.24) is 20.3 Å². The Balaban J connectivity index is 1.41. The van der Waals surface area contributed by atoms with E-state index in [-0.39, 0.29) is 6.03 Å². The van der Waals surface area contributed by atoms with Gasteiger partial charge in [-0.05, 0) is 18.4 Å². The molecule has 0 spiro atoms. The molecule has 3 rings (SSSR count). The van der Waals surface area contributed by atoms with Crippen molar-refractivity contribution in [3.8, 4) is 0 Å². The Bertz CT molecular complexity index is 661. The van der Waals surface area contributed by atoms with Crippen LogP contribution in [0.2, 0.25) is 0 Å². The maximum absolute atomic E-state index is 12.4. The number of nitrogens with zero attached hydrogens (tertiary/aromatic N) is 3. The van der Waals surface area contributed by atoms with Crippen molar-refractivity contribution in [3.05, 3.63) is 53.4 Å². The first kappa shape index (κ1) is 17.5. The average molecular weight is 342 g/mol. The maximum atomic E-state index is 12.4. The summed E-state index contributed by atoms with van der Waals surface area (Å²) in [6.07, 6.45) is 1.59. The fourth-order valence-corrected chi connectivity index (χ4v) is 3.02. The molecule has 1 atom stereocenters. The minimum absolute atomic E-state index is 0.0278. The van der Waals surface area contributed by atoms with Crippen molar-refractivity contribution in [2.45, 2.75) is 26.3 Å². The summed E-state index contributed by atoms with van der Waals surface area (Å²) in [5, 5.41) is 7.00. The molecule has 2 heterocycles. The lowest BCUT2D eigenvalue weighted by atomic mass is 10.0. The van der Waals surface area contributed by atoms with E-state index < -0.39 is 0 Å². The first-order chi connectivity index (χ1) is 12.1. The molecular weight excluding hydrogens is 316 g/mol. The van der Waals surface area contributed by atoms with Crippen molar-refractivity contribution in [1.29, 1.82) is 0 Å². The van der Waals surface area contributed by atoms with Crippen LogP contribution in [0.3, 0.4) is 0 Å². The van der Waals surface area contributed by atoms with E-state index in [1.165, 1.54) is 11.1 Å². The molecule has 1 aromatic heterocycles. The highest BCUT2D eigenvalue weighted by atomic mass is 16.5. The molecule has 2 amide bonds. The predicted molar refractivity (Wildman–Crippen MR) is 96.3 cm³/mol. The fourth-order valence-electron chi connectivity index (χ4n) is 3.02. The van der Waals surface area contributed by atoms with E-state index >= 15 is 0 Å². The lowest BCUT2D eigenvalue weighted by Gasteiger charge is -2.34. The highest BCUT2D eigenvalue weighted by Gasteiger charge is 2.21. The highest BCUT2D eigenvalue weighted by Crippen LogP contribution is 2.15. The van der Waals surface area contributed by atoms with Gasteiger partial charge in [0.1, 0.15) is 6.26 Å². The zero-order chi connectivity index (χ0) is 17.6. The summed E-state index contributed by atoms with van der Waals surface area (Å²) in [7, 11) is 0. The second-order valence-corrected chi connectivity index (χ2v) is 6.75. The van der Waals surface area contributed by atoms with E-state index in [2.05, 4.69) is 53.5 Å². The smallest absolute Gasteiger partial charge is 0.317 e. The Labute approximate surface area is 148 Å². The van der Waals surface area contributed by atoms with Crippen LogP contribution in [0.25, 0.3) is 0 Å². The summed E-state index contributed by atoms with van der Waals surface area (Å²) in [5.74, 6) is 0.304. The number of amides is 2. The number of hydrogen-bond donors (Lipinski definition) is 1. The highest BCUT2D eigenvalue weighted by molar-refractivity contribution is 5.74. The van der Waals surface area contributed by atoms with Crippen LogP contribution in [0.15, 0.2) is 41.1 Å². The van der Waals surface area contributed by atoms with Crippen LogP contribution in [0.4, 0.5) is 4.79 Å². The van der Waals surface area contributed by atoms with E-state index in [4.69, 9.17) is 4.52 Å². The lowest BCUT2D eigenvalue weighted by Crippen LogP contribution is -2.51. The number of carbonyl (C=O) groups excluding carboxylic acids is 1. The number of carbonyl (C=O) groups is 1. The quantitative estimate of drug-likeness (QED) is 0.907. The molecule has 25 heavy (non-hydrogen) atoms. The molecule has 0 radical (unpaired) electrons. The molecule has 1 fully saturated rings. The van der Waals surface area contributed by atoms with Gasteiger partial charge in [0, 0.05) is 45.3 Å². The monoisotopic (exact) mass is 342 g/mol. The second kappa shape index (κ2) is 8.16. The van der Waals surface area contributed by atoms with Gasteiger partial charge in [0.25, 0.3) is 0 Å². The molecular formula is C19H26N4O2. The van der Waals surface area contributed by atoms with Crippen LogP contribution >= 0.6 is 0 Å². The van der Waals surface area contributed by atoms with Gasteiger partial charge in [0.15, 0.2) is 0 Å². The zero-order valence-corrected chi connectivity index (χ0v) is 14.9. The summed E-state index contributed by atoms with van der Waals surface area (Å²) in [4.78, 5) is 16.6. The van der Waals surface area contributed by atoms with Gasteiger partial charge in [-0.25, -0.2) is 4.79 Å². The third-order valence-corrected chi connectivity index (χ3v) is 4.74. The largest absolute Gasteiger partial charge is 0.364 e. The van der Waals surface area contributed by atoms with Crippen LogP contribution in [-0.2, 0) is 6.54 Å². The van der Waals surface area contributed by atoms with E-state index in [0.717, 1.165) is 38.4 Å². The van der Waals surface area contributed by atoms with Crippen molar-refractivity contribution in [2.75, 3.05) is 32.7 Å². The summed E-state index contributed by atoms with van der Waals surface area (Å²) < 4.78 is 4.86. The Kier molecular flexibility index (Phi) is 5.71. The van der Waals surface area contributed by atoms with Crippen LogP contribution in [0.5, 0.6) is 0 Å². The zero-order valence-electron chi connectivity index (χ0n) is 14.9. The number of nitrogens with one attached hydrogen (secondary N) is 1. The van der Waals surface area contributed by atoms with E-state index in [1.807, 2.05) is 11.0 Å². The molecule has 1 N–H and O–H groups in total. The van der Waals surface area contributed by atoms with Gasteiger partial charge >= 0.3 is 6.03 Å². The normalized spacial score (nSPS) is 16.6. The number of urea groups is 1. The molecule has 1 aliphatic heterocycles. The Morgan fingerprint density at radius 2 is 1.92 bits per heavy atom. The molecule has 1 aliphatic rings. The fraction of sp³-hybridized carbons (Fsp3) is 0.474. The molecule has 0 saturated carbocycles. The summed E-state index contributed by atoms with van der Waals surface area (Å²) >= 11 is 0. The first-order valence-electron chi connectivity index (χ1n) is 8.83. The molecule has 6 nitrogen and oxygen atoms in total. The number of rotatable bonds is 5. The van der Waals surface area contributed by atoms with Crippen LogP contribution in [-0.4, -0.2) is 53.7 Å². The number of hydrogen-bond acceptors (Lipinski definition) is 4. The minimum Gasteiger partial charge on any atom is -0.364 e. The number of benzene rings is 1. The van der Waals surface area contributed by atoms with Crippen LogP contribution in [0.1, 0.15) is 29.7 Å². The lowest BCUT2D eigenvalue weighted by molar-refractivity contribution is 0.133. The van der Waals surface area contributed by atoms with E-state index in [0.29, 0.717) is 12.5 Å². The third kappa shape index (κ3) is 4.82. The van der Waals surface area contributed by atoms with Gasteiger partial charge in [0.05, 0.1) is 5.69 Å². The second-order valence-electron chi connectivity index (χ2n) is 6.75. The van der Waals surface area contributed by atoms with Crippen LogP contribution in [0, 0.1) is 6.92 Å². The average Bonchev–Trinajstić information content (AvgIpc) is 3.13. The number of aromatic nitrogens is 1. The Morgan fingerprint density at radius 3 is 2.56 bits per heavy atom. The standard InChI is InChI=1S/C19H26N4O2/c1-15-3-5-17(6-4-15)16(2)13-20-19(24)23-10-8-22(9-11-23)14-18-7-12-25-21-18/h3-7,12,16H,8-11,13-14H2,1-2H3,(H,20,24)/t16-/m1/s1. The molecule has 1 saturated heterocycles. The topological polar surface area (TPSA) is 61.6 Å². The van der Waals surface area contributed by atoms with Crippen LogP contribution < -0.4 is 5.32 Å². The van der Waals surface area contributed by atoms with E-state index in [1.54, 1.807) is 6.26 Å². The van der Waals surface area contributed by atoms with Crippen molar-refractivity contribution in [2.24, 2.45) is 0 Å². The molecule has 2 aromatic rings. The molecule has 134 valence electrons. The summed E-state index contributed by atoms with van der Waals surface area (Å²) in [6.45, 7) is 8.84. The van der Waals surface area contributed by atoms with Crippen molar-refractivity contribution in [3.63, 3.8) is 0 Å². The molecule has 0 aliphatic carbocycles. The van der Waals surface area contributed by atoms with Gasteiger partial charge in [-0.1, -0.05) is 41.9 Å². The first-order valence-corrected chi connectivity index (χ1v) is 8.83. The summed E-state index contributed by atoms with van der Waals surface area (Å²) in [5.41, 5.74) is 3.44. The number of aryl methyl sites for hydroxylation is 1.